The Balaban J connectivity index is 0.00000320. The van der Waals surface area contributed by atoms with Gasteiger partial charge in [-0.2, -0.15) is 0 Å². The van der Waals surface area contributed by atoms with E-state index >= 15 is 0 Å². The van der Waals surface area contributed by atoms with E-state index in [2.05, 4.69) is 26.2 Å². The van der Waals surface area contributed by atoms with Gasteiger partial charge in [0.25, 0.3) is 5.69 Å². The van der Waals surface area contributed by atoms with Gasteiger partial charge in [-0.05, 0) is 19.1 Å². The molecule has 9 heteroatoms. The van der Waals surface area contributed by atoms with E-state index in [9.17, 15) is 10.1 Å². The van der Waals surface area contributed by atoms with Crippen LogP contribution in [0.25, 0.3) is 0 Å². The number of aliphatic imine (C=N–C) groups is 1. The molecule has 1 fully saturated rings. The van der Waals surface area contributed by atoms with Gasteiger partial charge in [0.05, 0.1) is 24.1 Å². The van der Waals surface area contributed by atoms with Crippen molar-refractivity contribution in [3.05, 3.63) is 64.2 Å². The van der Waals surface area contributed by atoms with Crippen LogP contribution in [0.3, 0.4) is 0 Å². The van der Waals surface area contributed by atoms with Crippen LogP contribution in [0.4, 0.5) is 11.4 Å². The van der Waals surface area contributed by atoms with Crippen molar-refractivity contribution in [3.8, 4) is 5.75 Å². The molecule has 0 amide bonds. The second-order valence-corrected chi connectivity index (χ2v) is 6.73. The molecular weight excluding hydrogens is 497 g/mol. The smallest absolute Gasteiger partial charge is 0.274 e. The highest BCUT2D eigenvalue weighted by Gasteiger charge is 2.20. The summed E-state index contributed by atoms with van der Waals surface area (Å²) in [5.74, 6) is 1.64. The minimum Gasteiger partial charge on any atom is -0.497 e. The number of nitro groups is 1. The van der Waals surface area contributed by atoms with Crippen LogP contribution < -0.4 is 15.0 Å². The molecule has 1 aliphatic rings. The number of hydrogen-bond acceptors (Lipinski definition) is 5. The SMILES string of the molecule is CCNC(=NCc1ccccc1[N+](=O)[O-])N1CCN(c2cccc(OC)c2)CC1.I. The minimum absolute atomic E-state index is 0. The number of guanidine groups is 1. The summed E-state index contributed by atoms with van der Waals surface area (Å²) in [4.78, 5) is 20.1. The Kier molecular flexibility index (Phi) is 9.15. The Bertz CT molecular complexity index is 869. The number of hydrogen-bond donors (Lipinski definition) is 1. The van der Waals surface area contributed by atoms with Gasteiger partial charge in [-0.3, -0.25) is 10.1 Å². The molecular formula is C21H28IN5O3. The molecule has 1 aliphatic heterocycles. The number of ether oxygens (including phenoxy) is 1. The maximum atomic E-state index is 11.2. The first-order valence-corrected chi connectivity index (χ1v) is 9.77. The molecule has 0 spiro atoms. The summed E-state index contributed by atoms with van der Waals surface area (Å²) in [5, 5.41) is 14.5. The topological polar surface area (TPSA) is 83.2 Å². The van der Waals surface area contributed by atoms with Crippen LogP contribution >= 0.6 is 24.0 Å². The Morgan fingerprint density at radius 2 is 1.90 bits per heavy atom. The zero-order chi connectivity index (χ0) is 20.6. The Labute approximate surface area is 194 Å². The van der Waals surface area contributed by atoms with Gasteiger partial charge in [0.15, 0.2) is 5.96 Å². The predicted octanol–water partition coefficient (Wildman–Crippen LogP) is 3.51. The summed E-state index contributed by atoms with van der Waals surface area (Å²) >= 11 is 0. The number of nitrogens with one attached hydrogen (secondary N) is 1. The van der Waals surface area contributed by atoms with Crippen molar-refractivity contribution >= 4 is 41.3 Å². The monoisotopic (exact) mass is 525 g/mol. The van der Waals surface area contributed by atoms with Crippen molar-refractivity contribution < 1.29 is 9.66 Å². The molecule has 0 aliphatic carbocycles. The first-order chi connectivity index (χ1) is 14.1. The minimum atomic E-state index is -0.356. The lowest BCUT2D eigenvalue weighted by molar-refractivity contribution is -0.385. The van der Waals surface area contributed by atoms with Crippen molar-refractivity contribution in [1.29, 1.82) is 0 Å². The highest BCUT2D eigenvalue weighted by atomic mass is 127. The summed E-state index contributed by atoms with van der Waals surface area (Å²) in [7, 11) is 1.67. The van der Waals surface area contributed by atoms with E-state index in [0.29, 0.717) is 5.56 Å². The third-order valence-electron chi connectivity index (χ3n) is 4.92. The highest BCUT2D eigenvalue weighted by molar-refractivity contribution is 14.0. The fourth-order valence-corrected chi connectivity index (χ4v) is 3.39. The van der Waals surface area contributed by atoms with E-state index < -0.39 is 0 Å². The van der Waals surface area contributed by atoms with Gasteiger partial charge >= 0.3 is 0 Å². The Morgan fingerprint density at radius 1 is 1.17 bits per heavy atom. The Hall–Kier alpha value is -2.56. The van der Waals surface area contributed by atoms with Gasteiger partial charge in [0, 0.05) is 50.5 Å². The molecule has 0 aromatic heterocycles. The lowest BCUT2D eigenvalue weighted by Gasteiger charge is -2.37. The second-order valence-electron chi connectivity index (χ2n) is 6.73. The van der Waals surface area contributed by atoms with Gasteiger partial charge < -0.3 is 19.9 Å². The van der Waals surface area contributed by atoms with Gasteiger partial charge in [0.1, 0.15) is 5.75 Å². The maximum Gasteiger partial charge on any atom is 0.274 e. The van der Waals surface area contributed by atoms with Crippen molar-refractivity contribution in [2.45, 2.75) is 13.5 Å². The number of halogens is 1. The molecule has 0 atom stereocenters. The van der Waals surface area contributed by atoms with Crippen molar-refractivity contribution in [2.24, 2.45) is 4.99 Å². The van der Waals surface area contributed by atoms with Crippen LogP contribution in [0.15, 0.2) is 53.5 Å². The average Bonchev–Trinajstić information content (AvgIpc) is 2.77. The van der Waals surface area contributed by atoms with Crippen molar-refractivity contribution in [2.75, 3.05) is 44.7 Å². The molecule has 0 saturated carbocycles. The van der Waals surface area contributed by atoms with Crippen LogP contribution in [0.5, 0.6) is 5.75 Å². The van der Waals surface area contributed by atoms with E-state index in [1.165, 1.54) is 6.07 Å². The molecule has 30 heavy (non-hydrogen) atoms. The van der Waals surface area contributed by atoms with Gasteiger partial charge in [0.2, 0.25) is 0 Å². The standard InChI is InChI=1S/C21H27N5O3.HI/c1-3-22-21(23-16-17-7-4-5-10-20(17)26(27)28)25-13-11-24(12-14-25)18-8-6-9-19(15-18)29-2;/h4-10,15H,3,11-14,16H2,1-2H3,(H,22,23);1H. The summed E-state index contributed by atoms with van der Waals surface area (Å²) < 4.78 is 5.32. The second kappa shape index (κ2) is 11.6. The van der Waals surface area contributed by atoms with Crippen LogP contribution in [-0.4, -0.2) is 55.6 Å². The molecule has 1 N–H and O–H groups in total. The number of nitro benzene ring substituents is 1. The average molecular weight is 525 g/mol. The fourth-order valence-electron chi connectivity index (χ4n) is 3.39. The van der Waals surface area contributed by atoms with Gasteiger partial charge in [-0.1, -0.05) is 24.3 Å². The quantitative estimate of drug-likeness (QED) is 0.205. The molecule has 162 valence electrons. The summed E-state index contributed by atoms with van der Waals surface area (Å²) in [6.07, 6.45) is 0. The predicted molar refractivity (Wildman–Crippen MR) is 130 cm³/mol. The lowest BCUT2D eigenvalue weighted by Crippen LogP contribution is -2.52. The van der Waals surface area contributed by atoms with E-state index in [4.69, 9.17) is 4.74 Å². The number of anilines is 1. The zero-order valence-corrected chi connectivity index (χ0v) is 19.6. The molecule has 0 radical (unpaired) electrons. The summed E-state index contributed by atoms with van der Waals surface area (Å²) in [6.45, 7) is 6.40. The Morgan fingerprint density at radius 3 is 2.57 bits per heavy atom. The third-order valence-corrected chi connectivity index (χ3v) is 4.92. The number of nitrogens with zero attached hydrogens (tertiary/aromatic N) is 4. The fraction of sp³-hybridized carbons (Fsp3) is 0.381. The molecule has 3 rings (SSSR count). The normalized spacial score (nSPS) is 14.1. The molecule has 2 aromatic rings. The molecule has 0 bridgehead atoms. The van der Waals surface area contributed by atoms with Gasteiger partial charge in [-0.15, -0.1) is 24.0 Å². The van der Waals surface area contributed by atoms with Crippen molar-refractivity contribution in [3.63, 3.8) is 0 Å². The van der Waals surface area contributed by atoms with Crippen molar-refractivity contribution in [1.82, 2.24) is 10.2 Å². The van der Waals surface area contributed by atoms with Crippen LogP contribution in [-0.2, 0) is 6.54 Å². The number of para-hydroxylation sites is 1. The maximum absolute atomic E-state index is 11.2. The summed E-state index contributed by atoms with van der Waals surface area (Å²) in [5.41, 5.74) is 1.86. The highest BCUT2D eigenvalue weighted by Crippen LogP contribution is 2.22. The van der Waals surface area contributed by atoms with E-state index in [1.807, 2.05) is 25.1 Å². The van der Waals surface area contributed by atoms with Crippen LogP contribution in [0, 0.1) is 10.1 Å². The molecule has 2 aromatic carbocycles. The lowest BCUT2D eigenvalue weighted by atomic mass is 10.2. The zero-order valence-electron chi connectivity index (χ0n) is 17.3. The first-order valence-electron chi connectivity index (χ1n) is 9.77. The third kappa shape index (κ3) is 5.97. The van der Waals surface area contributed by atoms with Crippen LogP contribution in [0.1, 0.15) is 12.5 Å². The van der Waals surface area contributed by atoms with E-state index in [-0.39, 0.29) is 41.1 Å². The van der Waals surface area contributed by atoms with Crippen LogP contribution in [0.2, 0.25) is 0 Å². The van der Waals surface area contributed by atoms with E-state index in [1.54, 1.807) is 25.3 Å². The molecule has 8 nitrogen and oxygen atoms in total. The number of benzene rings is 2. The molecule has 0 unspecified atom stereocenters. The largest absolute Gasteiger partial charge is 0.497 e. The molecule has 1 saturated heterocycles. The number of methoxy groups -OCH3 is 1. The van der Waals surface area contributed by atoms with E-state index in [0.717, 1.165) is 50.1 Å². The molecule has 1 heterocycles. The number of piperazine rings is 1. The number of rotatable bonds is 6. The first kappa shape index (κ1) is 23.7. The van der Waals surface area contributed by atoms with Gasteiger partial charge in [-0.25, -0.2) is 4.99 Å². The summed E-state index contributed by atoms with van der Waals surface area (Å²) in [6, 6.07) is 14.8.